The summed E-state index contributed by atoms with van der Waals surface area (Å²) in [6, 6.07) is 0. The highest BCUT2D eigenvalue weighted by Gasteiger charge is 2.47. The number of H-pyrrole nitrogens is 1. The molecule has 0 aliphatic carbocycles. The van der Waals surface area contributed by atoms with E-state index in [9.17, 15) is 25.2 Å². The standard InChI is InChI=1S/C15H21N5O9/c16-15-18-11-6(12(26)19-15)17-3-20(11)13-9(24)8(23)5(28-13)2-27-14-10(25)7(22)4(1-21)29-14/h3-5,7-10,13-14,21-25H,1-2H2,(H3,16,18,19,26)/t4-,5-,7-,8-,9-,10-,13-,14-/m1/s1. The Morgan fingerprint density at radius 3 is 2.55 bits per heavy atom. The van der Waals surface area contributed by atoms with Gasteiger partial charge in [0.1, 0.15) is 36.6 Å². The molecule has 0 amide bonds. The smallest absolute Gasteiger partial charge is 0.280 e. The van der Waals surface area contributed by atoms with E-state index in [1.54, 1.807) is 0 Å². The third-order valence-electron chi connectivity index (χ3n) is 4.99. The molecule has 2 aromatic heterocycles. The van der Waals surface area contributed by atoms with Gasteiger partial charge in [-0.25, -0.2) is 4.98 Å². The molecular formula is C15H21N5O9. The molecule has 0 saturated carbocycles. The topological polar surface area (TPSA) is 218 Å². The fraction of sp³-hybridized carbons (Fsp3) is 0.667. The van der Waals surface area contributed by atoms with Gasteiger partial charge in [-0.1, -0.05) is 0 Å². The molecule has 0 aromatic carbocycles. The number of nitrogen functional groups attached to an aromatic ring is 1. The summed E-state index contributed by atoms with van der Waals surface area (Å²) in [6.07, 6.45) is -8.72. The minimum absolute atomic E-state index is 0.0179. The first-order chi connectivity index (χ1) is 13.8. The summed E-state index contributed by atoms with van der Waals surface area (Å²) in [5, 5.41) is 49.4. The van der Waals surface area contributed by atoms with Crippen LogP contribution in [-0.2, 0) is 14.2 Å². The summed E-state index contributed by atoms with van der Waals surface area (Å²) in [6.45, 7) is -0.811. The van der Waals surface area contributed by atoms with Crippen LogP contribution >= 0.6 is 0 Å². The first-order valence-corrected chi connectivity index (χ1v) is 8.79. The Hall–Kier alpha value is -2.17. The van der Waals surface area contributed by atoms with E-state index < -0.39 is 61.3 Å². The van der Waals surface area contributed by atoms with Gasteiger partial charge in [-0.2, -0.15) is 4.98 Å². The van der Waals surface area contributed by atoms with E-state index in [4.69, 9.17) is 25.1 Å². The van der Waals surface area contributed by atoms with Crippen LogP contribution in [0.2, 0.25) is 0 Å². The zero-order valence-electron chi connectivity index (χ0n) is 14.9. The highest BCUT2D eigenvalue weighted by Crippen LogP contribution is 2.32. The monoisotopic (exact) mass is 415 g/mol. The van der Waals surface area contributed by atoms with Crippen LogP contribution in [0.15, 0.2) is 11.1 Å². The molecule has 2 saturated heterocycles. The van der Waals surface area contributed by atoms with Crippen molar-refractivity contribution in [2.24, 2.45) is 0 Å². The van der Waals surface area contributed by atoms with Crippen molar-refractivity contribution >= 4 is 17.1 Å². The number of fused-ring (bicyclic) bond motifs is 1. The zero-order chi connectivity index (χ0) is 20.9. The fourth-order valence-electron chi connectivity index (χ4n) is 3.42. The van der Waals surface area contributed by atoms with Gasteiger partial charge >= 0.3 is 0 Å². The molecule has 2 fully saturated rings. The highest BCUT2D eigenvalue weighted by atomic mass is 16.7. The number of anilines is 1. The third kappa shape index (κ3) is 3.38. The van der Waals surface area contributed by atoms with E-state index in [-0.39, 0.29) is 23.7 Å². The number of hydrogen-bond acceptors (Lipinski definition) is 12. The average Bonchev–Trinajstić information content (AvgIpc) is 3.31. The first-order valence-electron chi connectivity index (χ1n) is 8.79. The molecule has 2 aliphatic rings. The molecule has 0 bridgehead atoms. The van der Waals surface area contributed by atoms with Crippen molar-refractivity contribution in [2.45, 2.75) is 49.1 Å². The molecule has 14 nitrogen and oxygen atoms in total. The van der Waals surface area contributed by atoms with Crippen LogP contribution in [0.25, 0.3) is 11.2 Å². The number of ether oxygens (including phenoxy) is 3. The molecule has 2 aliphatic heterocycles. The molecule has 14 heteroatoms. The van der Waals surface area contributed by atoms with Crippen LogP contribution in [-0.4, -0.2) is 101 Å². The maximum Gasteiger partial charge on any atom is 0.280 e. The van der Waals surface area contributed by atoms with Crippen LogP contribution in [0.1, 0.15) is 6.23 Å². The van der Waals surface area contributed by atoms with E-state index in [1.165, 1.54) is 10.9 Å². The Kier molecular flexibility index (Phi) is 5.26. The average molecular weight is 415 g/mol. The second kappa shape index (κ2) is 7.58. The van der Waals surface area contributed by atoms with Crippen molar-refractivity contribution in [3.05, 3.63) is 16.7 Å². The Morgan fingerprint density at radius 1 is 1.14 bits per heavy atom. The van der Waals surface area contributed by atoms with Gasteiger partial charge in [0.15, 0.2) is 23.7 Å². The van der Waals surface area contributed by atoms with Crippen molar-refractivity contribution in [3.8, 4) is 0 Å². The lowest BCUT2D eigenvalue weighted by Crippen LogP contribution is -2.38. The van der Waals surface area contributed by atoms with Gasteiger partial charge in [0.2, 0.25) is 5.95 Å². The number of aliphatic hydroxyl groups is 5. The van der Waals surface area contributed by atoms with E-state index in [1.807, 2.05) is 0 Å². The van der Waals surface area contributed by atoms with Gasteiger partial charge in [0.25, 0.3) is 5.56 Å². The molecule has 29 heavy (non-hydrogen) atoms. The number of aromatic amines is 1. The summed E-state index contributed by atoms with van der Waals surface area (Å²) in [5.74, 6) is -0.151. The molecule has 0 unspecified atom stereocenters. The van der Waals surface area contributed by atoms with E-state index in [2.05, 4.69) is 15.0 Å². The van der Waals surface area contributed by atoms with Gasteiger partial charge in [-0.15, -0.1) is 0 Å². The lowest BCUT2D eigenvalue weighted by molar-refractivity contribution is -0.190. The van der Waals surface area contributed by atoms with Gasteiger partial charge in [0, 0.05) is 0 Å². The Labute approximate surface area is 162 Å². The van der Waals surface area contributed by atoms with Crippen LogP contribution in [0.3, 0.4) is 0 Å². The fourth-order valence-corrected chi connectivity index (χ4v) is 3.42. The molecule has 8 atom stereocenters. The van der Waals surface area contributed by atoms with Crippen LogP contribution in [0.5, 0.6) is 0 Å². The minimum Gasteiger partial charge on any atom is -0.394 e. The van der Waals surface area contributed by atoms with Crippen molar-refractivity contribution in [2.75, 3.05) is 18.9 Å². The quantitative estimate of drug-likeness (QED) is 0.247. The molecule has 0 spiro atoms. The number of aliphatic hydroxyl groups excluding tert-OH is 5. The van der Waals surface area contributed by atoms with E-state index in [0.717, 1.165) is 0 Å². The van der Waals surface area contributed by atoms with Gasteiger partial charge in [0.05, 0.1) is 19.5 Å². The molecule has 0 radical (unpaired) electrons. The molecule has 4 heterocycles. The minimum atomic E-state index is -1.41. The van der Waals surface area contributed by atoms with Gasteiger partial charge in [-0.3, -0.25) is 14.3 Å². The molecule has 8 N–H and O–H groups in total. The summed E-state index contributed by atoms with van der Waals surface area (Å²) in [5.41, 5.74) is 5.03. The van der Waals surface area contributed by atoms with Gasteiger partial charge < -0.3 is 45.5 Å². The SMILES string of the molecule is Nc1nc2c(ncn2[C@@H]2O[C@H](CO[C@@H]3O[C@H](CO)[C@@H](O)[C@H]3O)[C@@H](O)[C@H]2O)c(=O)[nH]1. The van der Waals surface area contributed by atoms with Crippen LogP contribution < -0.4 is 11.3 Å². The highest BCUT2D eigenvalue weighted by molar-refractivity contribution is 5.70. The predicted octanol–water partition coefficient (Wildman–Crippen LogP) is -4.22. The zero-order valence-corrected chi connectivity index (χ0v) is 14.9. The number of nitrogens with one attached hydrogen (secondary N) is 1. The molecular weight excluding hydrogens is 394 g/mol. The lowest BCUT2D eigenvalue weighted by atomic mass is 10.1. The van der Waals surface area contributed by atoms with Crippen molar-refractivity contribution in [1.82, 2.24) is 19.5 Å². The molecule has 4 rings (SSSR count). The maximum absolute atomic E-state index is 11.9. The summed E-state index contributed by atoms with van der Waals surface area (Å²) < 4.78 is 17.5. The summed E-state index contributed by atoms with van der Waals surface area (Å²) in [7, 11) is 0. The van der Waals surface area contributed by atoms with Crippen LogP contribution in [0, 0.1) is 0 Å². The van der Waals surface area contributed by atoms with Crippen LogP contribution in [0.4, 0.5) is 5.95 Å². The summed E-state index contributed by atoms with van der Waals surface area (Å²) >= 11 is 0. The third-order valence-corrected chi connectivity index (χ3v) is 4.99. The number of aromatic nitrogens is 4. The first kappa shape index (κ1) is 20.1. The van der Waals surface area contributed by atoms with Crippen molar-refractivity contribution in [1.29, 1.82) is 0 Å². The van der Waals surface area contributed by atoms with E-state index in [0.29, 0.717) is 0 Å². The summed E-state index contributed by atoms with van der Waals surface area (Å²) in [4.78, 5) is 22.1. The Balaban J connectivity index is 1.48. The van der Waals surface area contributed by atoms with Crippen molar-refractivity contribution < 1.29 is 39.7 Å². The maximum atomic E-state index is 11.9. The van der Waals surface area contributed by atoms with Crippen molar-refractivity contribution in [3.63, 3.8) is 0 Å². The number of rotatable bonds is 5. The second-order valence-electron chi connectivity index (χ2n) is 6.86. The number of hydrogen-bond donors (Lipinski definition) is 7. The van der Waals surface area contributed by atoms with E-state index >= 15 is 0 Å². The second-order valence-corrected chi connectivity index (χ2v) is 6.86. The largest absolute Gasteiger partial charge is 0.394 e. The lowest BCUT2D eigenvalue weighted by Gasteiger charge is -2.20. The number of imidazole rings is 1. The molecule has 160 valence electrons. The number of nitrogens with two attached hydrogens (primary N) is 1. The Morgan fingerprint density at radius 2 is 1.86 bits per heavy atom. The molecule has 2 aromatic rings. The number of nitrogens with zero attached hydrogens (tertiary/aromatic N) is 3. The van der Waals surface area contributed by atoms with Gasteiger partial charge in [-0.05, 0) is 0 Å². The Bertz CT molecular complexity index is 935. The predicted molar refractivity (Wildman–Crippen MR) is 92.2 cm³/mol. The normalized spacial score (nSPS) is 37.6.